The molecule has 0 N–H and O–H groups in total. The first-order valence-electron chi connectivity index (χ1n) is 7.60. The molecule has 1 heterocycles. The minimum absolute atomic E-state index is 0.166. The fourth-order valence-corrected chi connectivity index (χ4v) is 3.24. The van der Waals surface area contributed by atoms with E-state index >= 15 is 0 Å². The van der Waals surface area contributed by atoms with Crippen molar-refractivity contribution < 1.29 is 4.79 Å². The molecule has 0 spiro atoms. The molecule has 2 aromatic carbocycles. The van der Waals surface area contributed by atoms with Gasteiger partial charge in [-0.1, -0.05) is 48.0 Å². The smallest absolute Gasteiger partial charge is 0.254 e. The van der Waals surface area contributed by atoms with E-state index in [1.807, 2.05) is 42.2 Å². The van der Waals surface area contributed by atoms with Crippen LogP contribution in [0.1, 0.15) is 45.9 Å². The summed E-state index contributed by atoms with van der Waals surface area (Å²) in [6.45, 7) is 4.93. The van der Waals surface area contributed by atoms with Gasteiger partial charge in [0.25, 0.3) is 5.91 Å². The number of aryl methyl sites for hydroxylation is 2. The highest BCUT2D eigenvalue weighted by atomic mass is 16.2. The van der Waals surface area contributed by atoms with E-state index in [1.165, 1.54) is 11.1 Å². The maximum Gasteiger partial charge on any atom is 0.254 e. The molecule has 21 heavy (non-hydrogen) atoms. The minimum Gasteiger partial charge on any atom is -0.332 e. The zero-order valence-electron chi connectivity index (χ0n) is 12.7. The molecule has 2 nitrogen and oxygen atoms in total. The Kier molecular flexibility index (Phi) is 3.78. The Hall–Kier alpha value is -2.09. The molecule has 1 saturated heterocycles. The average molecular weight is 279 g/mol. The van der Waals surface area contributed by atoms with Crippen LogP contribution in [0.5, 0.6) is 0 Å². The number of hydrogen-bond acceptors (Lipinski definition) is 1. The molecule has 0 aromatic heterocycles. The summed E-state index contributed by atoms with van der Waals surface area (Å²) < 4.78 is 0. The molecule has 1 amide bonds. The molecule has 3 rings (SSSR count). The fourth-order valence-electron chi connectivity index (χ4n) is 3.24. The number of likely N-dealkylation sites (tertiary alicyclic amines) is 1. The van der Waals surface area contributed by atoms with Gasteiger partial charge in [0.05, 0.1) is 6.04 Å². The van der Waals surface area contributed by atoms with Gasteiger partial charge in [0.2, 0.25) is 0 Å². The van der Waals surface area contributed by atoms with Gasteiger partial charge in [-0.05, 0) is 43.9 Å². The Balaban J connectivity index is 1.90. The van der Waals surface area contributed by atoms with Gasteiger partial charge in [0.1, 0.15) is 0 Å². The van der Waals surface area contributed by atoms with E-state index in [0.29, 0.717) is 0 Å². The summed E-state index contributed by atoms with van der Waals surface area (Å²) in [6.07, 6.45) is 2.14. The van der Waals surface area contributed by atoms with Crippen LogP contribution in [0.25, 0.3) is 0 Å². The number of benzene rings is 2. The number of nitrogens with zero attached hydrogens (tertiary/aromatic N) is 1. The molecule has 0 aliphatic carbocycles. The summed E-state index contributed by atoms with van der Waals surface area (Å²) in [7, 11) is 0. The lowest BCUT2D eigenvalue weighted by Crippen LogP contribution is -2.31. The van der Waals surface area contributed by atoms with E-state index in [2.05, 4.69) is 25.1 Å². The third-order valence-corrected chi connectivity index (χ3v) is 4.31. The minimum atomic E-state index is 0.166. The average Bonchev–Trinajstić information content (AvgIpc) is 2.97. The van der Waals surface area contributed by atoms with E-state index in [4.69, 9.17) is 0 Å². The molecule has 0 bridgehead atoms. The lowest BCUT2D eigenvalue weighted by Gasteiger charge is -2.26. The maximum absolute atomic E-state index is 12.9. The van der Waals surface area contributed by atoms with E-state index in [9.17, 15) is 4.79 Å². The second-order valence-electron chi connectivity index (χ2n) is 5.89. The molecule has 2 heteroatoms. The number of hydrogen-bond donors (Lipinski definition) is 0. The molecule has 1 fully saturated rings. The number of carbonyl (C=O) groups excluding carboxylic acids is 1. The van der Waals surface area contributed by atoms with Crippen molar-refractivity contribution in [3.05, 3.63) is 70.8 Å². The molecule has 1 aliphatic heterocycles. The number of carbonyl (C=O) groups is 1. The summed E-state index contributed by atoms with van der Waals surface area (Å²) in [6, 6.07) is 16.7. The summed E-state index contributed by atoms with van der Waals surface area (Å²) in [5.41, 5.74) is 4.35. The van der Waals surface area contributed by atoms with Crippen LogP contribution in [0.15, 0.2) is 48.5 Å². The maximum atomic E-state index is 12.9. The van der Waals surface area contributed by atoms with Crippen LogP contribution in [0.4, 0.5) is 0 Å². The monoisotopic (exact) mass is 279 g/mol. The summed E-state index contributed by atoms with van der Waals surface area (Å²) in [5.74, 6) is 0.166. The molecule has 2 aromatic rings. The third kappa shape index (κ3) is 2.71. The molecule has 0 radical (unpaired) electrons. The standard InChI is InChI=1S/C19H21NO/c1-14-10-11-17(15(2)13-14)19(21)20-12-6-9-18(20)16-7-4-3-5-8-16/h3-5,7-8,10-11,13,18H,6,9,12H2,1-2H3. The van der Waals surface area contributed by atoms with E-state index in [0.717, 1.165) is 30.5 Å². The normalized spacial score (nSPS) is 18.0. The highest BCUT2D eigenvalue weighted by Gasteiger charge is 2.30. The predicted molar refractivity (Wildman–Crippen MR) is 85.4 cm³/mol. The SMILES string of the molecule is Cc1ccc(C(=O)N2CCCC2c2ccccc2)c(C)c1. The first-order chi connectivity index (χ1) is 10.2. The van der Waals surface area contributed by atoms with Gasteiger partial charge in [0.15, 0.2) is 0 Å². The van der Waals surface area contributed by atoms with Crippen LogP contribution in [-0.2, 0) is 0 Å². The first-order valence-corrected chi connectivity index (χ1v) is 7.60. The molecule has 0 saturated carbocycles. The van der Waals surface area contributed by atoms with Gasteiger partial charge in [0, 0.05) is 12.1 Å². The van der Waals surface area contributed by atoms with Gasteiger partial charge >= 0.3 is 0 Å². The van der Waals surface area contributed by atoms with Gasteiger partial charge in [-0.15, -0.1) is 0 Å². The Bertz CT molecular complexity index is 648. The van der Waals surface area contributed by atoms with Crippen LogP contribution < -0.4 is 0 Å². The zero-order chi connectivity index (χ0) is 14.8. The molecular weight excluding hydrogens is 258 g/mol. The third-order valence-electron chi connectivity index (χ3n) is 4.31. The van der Waals surface area contributed by atoms with Gasteiger partial charge in [-0.25, -0.2) is 0 Å². The highest BCUT2D eigenvalue weighted by molar-refractivity contribution is 5.96. The lowest BCUT2D eigenvalue weighted by atomic mass is 10.0. The molecule has 108 valence electrons. The van der Waals surface area contributed by atoms with Crippen LogP contribution in [0, 0.1) is 13.8 Å². The van der Waals surface area contributed by atoms with Crippen LogP contribution >= 0.6 is 0 Å². The molecule has 1 unspecified atom stereocenters. The molecule has 1 atom stereocenters. The summed E-state index contributed by atoms with van der Waals surface area (Å²) in [4.78, 5) is 14.9. The van der Waals surface area contributed by atoms with Crippen molar-refractivity contribution in [3.8, 4) is 0 Å². The van der Waals surface area contributed by atoms with E-state index < -0.39 is 0 Å². The zero-order valence-corrected chi connectivity index (χ0v) is 12.7. The van der Waals surface area contributed by atoms with Crippen LogP contribution in [0.2, 0.25) is 0 Å². The van der Waals surface area contributed by atoms with Crippen molar-refractivity contribution in [3.63, 3.8) is 0 Å². The first kappa shape index (κ1) is 13.9. The quantitative estimate of drug-likeness (QED) is 0.803. The second kappa shape index (κ2) is 5.72. The van der Waals surface area contributed by atoms with Crippen molar-refractivity contribution in [2.45, 2.75) is 32.7 Å². The Morgan fingerprint density at radius 1 is 1.10 bits per heavy atom. The molecule has 1 aliphatic rings. The van der Waals surface area contributed by atoms with Crippen molar-refractivity contribution in [2.75, 3.05) is 6.54 Å². The van der Waals surface area contributed by atoms with Crippen LogP contribution in [0.3, 0.4) is 0 Å². The van der Waals surface area contributed by atoms with Crippen LogP contribution in [-0.4, -0.2) is 17.4 Å². The van der Waals surface area contributed by atoms with Crippen molar-refractivity contribution in [1.82, 2.24) is 4.90 Å². The number of rotatable bonds is 2. The van der Waals surface area contributed by atoms with E-state index in [1.54, 1.807) is 0 Å². The van der Waals surface area contributed by atoms with Gasteiger partial charge < -0.3 is 4.90 Å². The Morgan fingerprint density at radius 2 is 1.86 bits per heavy atom. The highest BCUT2D eigenvalue weighted by Crippen LogP contribution is 2.33. The van der Waals surface area contributed by atoms with Crippen molar-refractivity contribution in [1.29, 1.82) is 0 Å². The van der Waals surface area contributed by atoms with Crippen molar-refractivity contribution >= 4 is 5.91 Å². The van der Waals surface area contributed by atoms with Gasteiger partial charge in [-0.2, -0.15) is 0 Å². The summed E-state index contributed by atoms with van der Waals surface area (Å²) >= 11 is 0. The largest absolute Gasteiger partial charge is 0.332 e. The Morgan fingerprint density at radius 3 is 2.57 bits per heavy atom. The van der Waals surface area contributed by atoms with Crippen molar-refractivity contribution in [2.24, 2.45) is 0 Å². The van der Waals surface area contributed by atoms with Gasteiger partial charge in [-0.3, -0.25) is 4.79 Å². The fraction of sp³-hybridized carbons (Fsp3) is 0.316. The number of amides is 1. The summed E-state index contributed by atoms with van der Waals surface area (Å²) in [5, 5.41) is 0. The van der Waals surface area contributed by atoms with E-state index in [-0.39, 0.29) is 11.9 Å². The topological polar surface area (TPSA) is 20.3 Å². The Labute approximate surface area is 126 Å². The second-order valence-corrected chi connectivity index (χ2v) is 5.89. The predicted octanol–water partition coefficient (Wildman–Crippen LogP) is 4.28. The molecular formula is C19H21NO. The lowest BCUT2D eigenvalue weighted by molar-refractivity contribution is 0.0735.